The summed E-state index contributed by atoms with van der Waals surface area (Å²) in [6.45, 7) is 7.01. The smallest absolute Gasteiger partial charge is 0.322 e. The highest BCUT2D eigenvalue weighted by atomic mass is 32.1. The Hall–Kier alpha value is -2.74. The zero-order chi connectivity index (χ0) is 22.9. The van der Waals surface area contributed by atoms with Gasteiger partial charge in [-0.25, -0.2) is 19.2 Å². The van der Waals surface area contributed by atoms with Gasteiger partial charge in [-0.15, -0.1) is 11.3 Å². The summed E-state index contributed by atoms with van der Waals surface area (Å²) in [6, 6.07) is 6.00. The molecule has 33 heavy (non-hydrogen) atoms. The van der Waals surface area contributed by atoms with E-state index in [9.17, 15) is 9.18 Å². The second-order valence-corrected chi connectivity index (χ2v) is 10.2. The molecule has 1 atom stereocenters. The number of anilines is 2. The number of nitrogens with one attached hydrogen (secondary N) is 1. The fourth-order valence-corrected chi connectivity index (χ4v) is 6.20. The van der Waals surface area contributed by atoms with E-state index in [0.717, 1.165) is 42.2 Å². The molecule has 1 fully saturated rings. The number of thiophene rings is 1. The maximum absolute atomic E-state index is 13.9. The van der Waals surface area contributed by atoms with Gasteiger partial charge in [0.1, 0.15) is 22.3 Å². The third kappa shape index (κ3) is 4.40. The van der Waals surface area contributed by atoms with Crippen molar-refractivity contribution in [3.63, 3.8) is 0 Å². The minimum Gasteiger partial charge on any atom is -0.352 e. The molecule has 3 heterocycles. The summed E-state index contributed by atoms with van der Waals surface area (Å²) in [4.78, 5) is 29.3. The quantitative estimate of drug-likeness (QED) is 0.568. The topological polar surface area (TPSA) is 61.4 Å². The van der Waals surface area contributed by atoms with Crippen LogP contribution in [0.25, 0.3) is 10.2 Å². The van der Waals surface area contributed by atoms with Crippen LogP contribution in [0.1, 0.15) is 43.0 Å². The van der Waals surface area contributed by atoms with Crippen molar-refractivity contribution < 1.29 is 9.18 Å². The van der Waals surface area contributed by atoms with Gasteiger partial charge in [0.25, 0.3) is 0 Å². The summed E-state index contributed by atoms with van der Waals surface area (Å²) >= 11 is 1.84. The molecule has 6 nitrogen and oxygen atoms in total. The molecule has 1 saturated heterocycles. The second kappa shape index (κ2) is 9.25. The normalized spacial score (nSPS) is 18.5. The van der Waals surface area contributed by atoms with Gasteiger partial charge in [-0.1, -0.05) is 26.0 Å². The zero-order valence-electron chi connectivity index (χ0n) is 19.2. The number of urea groups is 1. The molecule has 1 aliphatic heterocycles. The number of piperazine rings is 1. The largest absolute Gasteiger partial charge is 0.352 e. The van der Waals surface area contributed by atoms with E-state index >= 15 is 0 Å². The van der Waals surface area contributed by atoms with Gasteiger partial charge >= 0.3 is 6.03 Å². The Bertz CT molecular complexity index is 1170. The highest BCUT2D eigenvalue weighted by molar-refractivity contribution is 7.19. The molecule has 2 amide bonds. The van der Waals surface area contributed by atoms with E-state index in [0.29, 0.717) is 32.1 Å². The van der Waals surface area contributed by atoms with Gasteiger partial charge in [-0.2, -0.15) is 0 Å². The Kier molecular flexibility index (Phi) is 6.19. The van der Waals surface area contributed by atoms with E-state index < -0.39 is 5.82 Å². The van der Waals surface area contributed by atoms with Crippen molar-refractivity contribution in [1.82, 2.24) is 14.9 Å². The number of halogens is 1. The molecule has 0 radical (unpaired) electrons. The first-order chi connectivity index (χ1) is 16.0. The van der Waals surface area contributed by atoms with Crippen LogP contribution in [-0.4, -0.2) is 47.1 Å². The second-order valence-electron chi connectivity index (χ2n) is 9.13. The predicted molar refractivity (Wildman–Crippen MR) is 132 cm³/mol. The number of para-hydroxylation sites is 1. The molecule has 1 aliphatic carbocycles. The molecule has 2 aliphatic rings. The van der Waals surface area contributed by atoms with E-state index in [1.54, 1.807) is 23.1 Å². The molecular formula is C25H30FN5OS. The molecule has 0 spiro atoms. The van der Waals surface area contributed by atoms with Crippen molar-refractivity contribution in [1.29, 1.82) is 0 Å². The number of rotatable bonds is 4. The Morgan fingerprint density at radius 2 is 2.00 bits per heavy atom. The number of hydrogen-bond donors (Lipinski definition) is 1. The van der Waals surface area contributed by atoms with Crippen LogP contribution in [0.3, 0.4) is 0 Å². The van der Waals surface area contributed by atoms with Crippen molar-refractivity contribution in [3.8, 4) is 0 Å². The van der Waals surface area contributed by atoms with E-state index in [4.69, 9.17) is 9.97 Å². The monoisotopic (exact) mass is 467 g/mol. The summed E-state index contributed by atoms with van der Waals surface area (Å²) in [7, 11) is 0. The van der Waals surface area contributed by atoms with Crippen LogP contribution in [-0.2, 0) is 19.3 Å². The number of benzene rings is 1. The van der Waals surface area contributed by atoms with Crippen molar-refractivity contribution in [2.75, 3.05) is 36.4 Å². The molecule has 0 unspecified atom stereocenters. The van der Waals surface area contributed by atoms with E-state index in [2.05, 4.69) is 24.1 Å². The van der Waals surface area contributed by atoms with Crippen LogP contribution in [0, 0.1) is 11.7 Å². The van der Waals surface area contributed by atoms with Crippen LogP contribution in [0.4, 0.5) is 20.7 Å². The van der Waals surface area contributed by atoms with Crippen LogP contribution < -0.4 is 10.2 Å². The van der Waals surface area contributed by atoms with Gasteiger partial charge in [0.05, 0.1) is 11.1 Å². The van der Waals surface area contributed by atoms with Gasteiger partial charge in [-0.3, -0.25) is 0 Å². The van der Waals surface area contributed by atoms with E-state index in [1.807, 2.05) is 11.3 Å². The summed E-state index contributed by atoms with van der Waals surface area (Å²) < 4.78 is 13.9. The van der Waals surface area contributed by atoms with Crippen LogP contribution in [0.5, 0.6) is 0 Å². The fraction of sp³-hybridized carbons (Fsp3) is 0.480. The molecule has 3 aromatic rings. The lowest BCUT2D eigenvalue weighted by molar-refractivity contribution is 0.208. The molecule has 8 heteroatoms. The van der Waals surface area contributed by atoms with Gasteiger partial charge in [0.15, 0.2) is 0 Å². The number of nitrogens with zero attached hydrogens (tertiary/aromatic N) is 4. The standard InChI is InChI=1S/C25H30FN5OS/c1-3-6-21-28-23(22-17-10-9-16(2)15-20(17)33-24(22)29-21)30-11-13-31(14-12-30)25(32)27-19-8-5-4-7-18(19)26/h4-5,7-8,16H,3,6,9-15H2,1-2H3,(H,27,32)/t16-/m0/s1. The Labute approximate surface area is 197 Å². The number of aryl methyl sites for hydroxylation is 2. The summed E-state index contributed by atoms with van der Waals surface area (Å²) in [5.74, 6) is 2.23. The zero-order valence-corrected chi connectivity index (χ0v) is 20.1. The first kappa shape index (κ1) is 22.1. The average Bonchev–Trinajstić information content (AvgIpc) is 3.17. The van der Waals surface area contributed by atoms with Gasteiger partial charge in [0, 0.05) is 37.5 Å². The highest BCUT2D eigenvalue weighted by Crippen LogP contribution is 2.41. The average molecular weight is 468 g/mol. The lowest BCUT2D eigenvalue weighted by atomic mass is 9.89. The Morgan fingerprint density at radius 1 is 1.21 bits per heavy atom. The molecule has 1 aromatic carbocycles. The number of aromatic nitrogens is 2. The molecule has 0 bridgehead atoms. The van der Waals surface area contributed by atoms with Crippen molar-refractivity contribution in [2.24, 2.45) is 5.92 Å². The number of hydrogen-bond acceptors (Lipinski definition) is 5. The minimum absolute atomic E-state index is 0.214. The predicted octanol–water partition coefficient (Wildman–Crippen LogP) is 5.26. The van der Waals surface area contributed by atoms with Crippen LogP contribution >= 0.6 is 11.3 Å². The number of carbonyl (C=O) groups excluding carboxylic acids is 1. The molecular weight excluding hydrogens is 437 g/mol. The number of amides is 2. The molecule has 174 valence electrons. The molecule has 2 aromatic heterocycles. The van der Waals surface area contributed by atoms with Crippen molar-refractivity contribution >= 4 is 39.1 Å². The first-order valence-corrected chi connectivity index (χ1v) is 12.7. The highest BCUT2D eigenvalue weighted by Gasteiger charge is 2.28. The lowest BCUT2D eigenvalue weighted by Crippen LogP contribution is -2.50. The maximum Gasteiger partial charge on any atom is 0.322 e. The maximum atomic E-state index is 13.9. The fourth-order valence-electron chi connectivity index (χ4n) is 4.81. The SMILES string of the molecule is CCCc1nc(N2CCN(C(=O)Nc3ccccc3F)CC2)c2c3c(sc2n1)C[C@@H](C)CC3. The third-order valence-corrected chi connectivity index (χ3v) is 7.79. The summed E-state index contributed by atoms with van der Waals surface area (Å²) in [5.41, 5.74) is 1.65. The lowest BCUT2D eigenvalue weighted by Gasteiger charge is -2.36. The van der Waals surface area contributed by atoms with Gasteiger partial charge in [0.2, 0.25) is 0 Å². The van der Waals surface area contributed by atoms with Crippen LogP contribution in [0.2, 0.25) is 0 Å². The third-order valence-electron chi connectivity index (χ3n) is 6.64. The van der Waals surface area contributed by atoms with E-state index in [-0.39, 0.29) is 11.7 Å². The first-order valence-electron chi connectivity index (χ1n) is 11.9. The summed E-state index contributed by atoms with van der Waals surface area (Å²) in [5, 5.41) is 3.93. The molecule has 1 N–H and O–H groups in total. The molecule has 5 rings (SSSR count). The van der Waals surface area contributed by atoms with E-state index in [1.165, 1.54) is 28.3 Å². The van der Waals surface area contributed by atoms with Crippen molar-refractivity contribution in [2.45, 2.75) is 46.0 Å². The summed E-state index contributed by atoms with van der Waals surface area (Å²) in [6.07, 6.45) is 5.30. The molecule has 0 saturated carbocycles. The number of fused-ring (bicyclic) bond motifs is 3. The van der Waals surface area contributed by atoms with Crippen molar-refractivity contribution in [3.05, 3.63) is 46.3 Å². The van der Waals surface area contributed by atoms with Gasteiger partial charge in [-0.05, 0) is 49.3 Å². The Morgan fingerprint density at radius 3 is 2.76 bits per heavy atom. The van der Waals surface area contributed by atoms with Crippen LogP contribution in [0.15, 0.2) is 24.3 Å². The number of carbonyl (C=O) groups is 1. The minimum atomic E-state index is -0.423. The van der Waals surface area contributed by atoms with Gasteiger partial charge < -0.3 is 15.1 Å². The Balaban J connectivity index is 1.37.